The van der Waals surface area contributed by atoms with Gasteiger partial charge in [0, 0.05) is 23.2 Å². The van der Waals surface area contributed by atoms with Crippen LogP contribution in [0.1, 0.15) is 41.9 Å². The van der Waals surface area contributed by atoms with E-state index < -0.39 is 35.2 Å². The smallest absolute Gasteiger partial charge is 0.389 e. The van der Waals surface area contributed by atoms with Crippen LogP contribution in [-0.4, -0.2) is 45.5 Å². The third kappa shape index (κ3) is 5.81. The minimum atomic E-state index is -4.31. The van der Waals surface area contributed by atoms with E-state index in [1.54, 1.807) is 0 Å². The van der Waals surface area contributed by atoms with E-state index in [4.69, 9.17) is 0 Å². The molecule has 174 valence electrons. The quantitative estimate of drug-likeness (QED) is 0.320. The lowest BCUT2D eigenvalue weighted by Gasteiger charge is -2.24. The molecular weight excluding hydrogens is 437 g/mol. The number of anilines is 1. The summed E-state index contributed by atoms with van der Waals surface area (Å²) < 4.78 is 65.7. The van der Waals surface area contributed by atoms with Crippen LogP contribution in [0.25, 0.3) is 0 Å². The number of rotatable bonds is 4. The molecule has 1 aromatic heterocycles. The Morgan fingerprint density at radius 1 is 1.28 bits per heavy atom. The third-order valence-corrected chi connectivity index (χ3v) is 4.88. The number of nitrogens with one attached hydrogen (secondary N) is 3. The highest BCUT2D eigenvalue weighted by atomic mass is 19.4. The highest BCUT2D eigenvalue weighted by molar-refractivity contribution is 6.09. The van der Waals surface area contributed by atoms with Crippen molar-refractivity contribution in [1.29, 1.82) is 0 Å². The summed E-state index contributed by atoms with van der Waals surface area (Å²) >= 11 is 0. The van der Waals surface area contributed by atoms with Gasteiger partial charge in [-0.25, -0.2) is 13.8 Å². The number of alkyl halides is 3. The lowest BCUT2D eigenvalue weighted by Crippen LogP contribution is -2.38. The largest absolute Gasteiger partial charge is 0.392 e. The fraction of sp³-hybridized carbons (Fsp3) is 0.450. The van der Waals surface area contributed by atoms with Gasteiger partial charge in [-0.2, -0.15) is 18.3 Å². The van der Waals surface area contributed by atoms with Crippen LogP contribution in [0.4, 0.5) is 27.8 Å². The maximum absolute atomic E-state index is 13.5. The van der Waals surface area contributed by atoms with Crippen molar-refractivity contribution < 1.29 is 31.9 Å². The number of H-pyrrole nitrogens is 1. The molecule has 7 nitrogen and oxygen atoms in total. The van der Waals surface area contributed by atoms with E-state index in [9.17, 15) is 31.9 Å². The minimum absolute atomic E-state index is 0.105. The van der Waals surface area contributed by atoms with Crippen molar-refractivity contribution >= 4 is 17.7 Å². The van der Waals surface area contributed by atoms with E-state index in [0.717, 1.165) is 12.1 Å². The number of aromatic nitrogens is 2. The Kier molecular flexibility index (Phi) is 6.54. The zero-order chi connectivity index (χ0) is 23.7. The summed E-state index contributed by atoms with van der Waals surface area (Å²) in [6, 6.07) is 2.59. The number of nitrogens with zero attached hydrogens (tertiary/aromatic N) is 2. The maximum Gasteiger partial charge on any atom is 0.392 e. The van der Waals surface area contributed by atoms with Gasteiger partial charge >= 0.3 is 6.18 Å². The molecule has 1 atom stereocenters. The van der Waals surface area contributed by atoms with Gasteiger partial charge in [0.15, 0.2) is 17.5 Å². The Bertz CT molecular complexity index is 1030. The molecular formula is C20H22F5N5O2. The molecule has 0 bridgehead atoms. The highest BCUT2D eigenvalue weighted by Gasteiger charge is 2.42. The predicted molar refractivity (Wildman–Crippen MR) is 106 cm³/mol. The highest BCUT2D eigenvalue weighted by Crippen LogP contribution is 2.38. The molecule has 1 aliphatic carbocycles. The number of fused-ring (bicyclic) bond motifs is 1. The molecule has 1 aromatic carbocycles. The van der Waals surface area contributed by atoms with Crippen molar-refractivity contribution in [3.8, 4) is 0 Å². The molecule has 0 fully saturated rings. The number of aliphatic hydroxyl groups is 1. The van der Waals surface area contributed by atoms with Crippen molar-refractivity contribution in [3.63, 3.8) is 0 Å². The van der Waals surface area contributed by atoms with Gasteiger partial charge in [0.25, 0.3) is 5.91 Å². The summed E-state index contributed by atoms with van der Waals surface area (Å²) in [7, 11) is 0. The minimum Gasteiger partial charge on any atom is -0.389 e. The third-order valence-electron chi connectivity index (χ3n) is 4.88. The normalized spacial score (nSPS) is 17.1. The van der Waals surface area contributed by atoms with Crippen molar-refractivity contribution in [1.82, 2.24) is 15.5 Å². The van der Waals surface area contributed by atoms with Crippen LogP contribution in [0.15, 0.2) is 23.2 Å². The zero-order valence-electron chi connectivity index (χ0n) is 17.3. The molecule has 2 aromatic rings. The summed E-state index contributed by atoms with van der Waals surface area (Å²) in [5.41, 5.74) is -0.554. The maximum atomic E-state index is 13.5. The fourth-order valence-corrected chi connectivity index (χ4v) is 3.20. The first-order valence-corrected chi connectivity index (χ1v) is 9.76. The standard InChI is InChI=1S/C20H22F5N5O2/c1-19(2,32)9-26-18(28-17(31)10-3-6-13(21)14(22)7-10)27-16-12-5-4-11(20(23,24)25)8-15(12)29-30-16/h3,6-7,11,32H,4-5,8-9H2,1-2H3,(H3,26,27,28,29,30,31)/t11-/m1/s1. The van der Waals surface area contributed by atoms with Gasteiger partial charge in [-0.3, -0.25) is 15.2 Å². The summed E-state index contributed by atoms with van der Waals surface area (Å²) in [6.45, 7) is 2.83. The Morgan fingerprint density at radius 2 is 2.00 bits per heavy atom. The molecule has 3 rings (SSSR count). The van der Waals surface area contributed by atoms with Crippen molar-refractivity contribution in [2.75, 3.05) is 11.9 Å². The first kappa shape index (κ1) is 23.6. The summed E-state index contributed by atoms with van der Waals surface area (Å²) in [5, 5.41) is 21.7. The van der Waals surface area contributed by atoms with E-state index in [1.165, 1.54) is 13.8 Å². The average Bonchev–Trinajstić information content (AvgIpc) is 3.09. The number of amides is 1. The van der Waals surface area contributed by atoms with E-state index in [-0.39, 0.29) is 43.1 Å². The van der Waals surface area contributed by atoms with Crippen LogP contribution in [0.2, 0.25) is 0 Å². The van der Waals surface area contributed by atoms with Crippen LogP contribution in [0, 0.1) is 17.6 Å². The number of halogens is 5. The molecule has 1 aliphatic rings. The fourth-order valence-electron chi connectivity index (χ4n) is 3.20. The van der Waals surface area contributed by atoms with Gasteiger partial charge in [-0.1, -0.05) is 0 Å². The molecule has 12 heteroatoms. The van der Waals surface area contributed by atoms with Gasteiger partial charge < -0.3 is 10.4 Å². The Hall–Kier alpha value is -3.02. The van der Waals surface area contributed by atoms with Gasteiger partial charge in [-0.15, -0.1) is 0 Å². The van der Waals surface area contributed by atoms with Gasteiger partial charge in [0.05, 0.1) is 18.1 Å². The predicted octanol–water partition coefficient (Wildman–Crippen LogP) is 3.32. The Balaban J connectivity index is 1.81. The van der Waals surface area contributed by atoms with Gasteiger partial charge in [-0.05, 0) is 44.9 Å². The van der Waals surface area contributed by atoms with Crippen LogP contribution in [0.3, 0.4) is 0 Å². The molecule has 1 heterocycles. The molecule has 0 aliphatic heterocycles. The van der Waals surface area contributed by atoms with Crippen molar-refractivity contribution in [3.05, 3.63) is 46.7 Å². The molecule has 0 saturated carbocycles. The number of benzene rings is 1. The first-order valence-electron chi connectivity index (χ1n) is 9.76. The van der Waals surface area contributed by atoms with E-state index in [2.05, 4.69) is 25.8 Å². The second-order valence-corrected chi connectivity index (χ2v) is 8.20. The SMILES string of the molecule is CC(C)(O)CN=C(NC(=O)c1ccc(F)c(F)c1)Nc1n[nH]c2c1CC[C@@H](C(F)(F)F)C2. The summed E-state index contributed by atoms with van der Waals surface area (Å²) in [4.78, 5) is 16.6. The van der Waals surface area contributed by atoms with Gasteiger partial charge in [0.2, 0.25) is 5.96 Å². The molecule has 0 unspecified atom stereocenters. The molecule has 32 heavy (non-hydrogen) atoms. The average molecular weight is 459 g/mol. The van der Waals surface area contributed by atoms with E-state index >= 15 is 0 Å². The summed E-state index contributed by atoms with van der Waals surface area (Å²) in [5.74, 6) is -4.58. The lowest BCUT2D eigenvalue weighted by atomic mass is 9.87. The second-order valence-electron chi connectivity index (χ2n) is 8.20. The number of aliphatic imine (C=N–C) groups is 1. The number of carbonyl (C=O) groups excluding carboxylic acids is 1. The van der Waals surface area contributed by atoms with Crippen molar-refractivity contribution in [2.24, 2.45) is 10.9 Å². The zero-order valence-corrected chi connectivity index (χ0v) is 17.3. The summed E-state index contributed by atoms with van der Waals surface area (Å²) in [6.07, 6.45) is -4.56. The topological polar surface area (TPSA) is 102 Å². The second kappa shape index (κ2) is 8.85. The Morgan fingerprint density at radius 3 is 2.62 bits per heavy atom. The molecule has 0 saturated heterocycles. The number of carbonyl (C=O) groups is 1. The lowest BCUT2D eigenvalue weighted by molar-refractivity contribution is -0.177. The number of guanidine groups is 1. The number of hydrogen-bond acceptors (Lipinski definition) is 4. The molecule has 4 N–H and O–H groups in total. The van der Waals surface area contributed by atoms with Crippen LogP contribution < -0.4 is 10.6 Å². The number of aromatic amines is 1. The van der Waals surface area contributed by atoms with E-state index in [1.807, 2.05) is 0 Å². The van der Waals surface area contributed by atoms with Gasteiger partial charge in [0.1, 0.15) is 0 Å². The van der Waals surface area contributed by atoms with Crippen LogP contribution in [-0.2, 0) is 12.8 Å². The molecule has 0 spiro atoms. The van der Waals surface area contributed by atoms with Crippen molar-refractivity contribution in [2.45, 2.75) is 44.9 Å². The van der Waals surface area contributed by atoms with Crippen LogP contribution >= 0.6 is 0 Å². The molecule has 1 amide bonds. The Labute approximate surface area is 180 Å². The molecule has 0 radical (unpaired) electrons. The number of hydrogen-bond donors (Lipinski definition) is 4. The van der Waals surface area contributed by atoms with Crippen LogP contribution in [0.5, 0.6) is 0 Å². The first-order chi connectivity index (χ1) is 14.8. The monoisotopic (exact) mass is 459 g/mol. The van der Waals surface area contributed by atoms with E-state index in [0.29, 0.717) is 17.3 Å².